The van der Waals surface area contributed by atoms with Crippen molar-refractivity contribution in [2.24, 2.45) is 11.8 Å². The first-order valence-electron chi connectivity index (χ1n) is 9.10. The van der Waals surface area contributed by atoms with Crippen LogP contribution in [0.4, 0.5) is 0 Å². The van der Waals surface area contributed by atoms with Gasteiger partial charge in [-0.15, -0.1) is 0 Å². The monoisotopic (exact) mass is 338 g/mol. The molecule has 0 amide bonds. The normalized spacial score (nSPS) is 26.9. The van der Waals surface area contributed by atoms with Crippen LogP contribution in [0.15, 0.2) is 48.5 Å². The van der Waals surface area contributed by atoms with Gasteiger partial charge in [-0.2, -0.15) is 0 Å². The number of hydrogen-bond acceptors (Lipinski definition) is 1. The van der Waals surface area contributed by atoms with Gasteiger partial charge in [0.1, 0.15) is 0 Å². The van der Waals surface area contributed by atoms with Crippen LogP contribution in [0.25, 0.3) is 0 Å². The Morgan fingerprint density at radius 3 is 2.29 bits per heavy atom. The van der Waals surface area contributed by atoms with Crippen molar-refractivity contribution in [3.63, 3.8) is 0 Å². The van der Waals surface area contributed by atoms with E-state index >= 15 is 0 Å². The molecule has 124 valence electrons. The zero-order valence-corrected chi connectivity index (χ0v) is 14.6. The first-order chi connectivity index (χ1) is 11.7. The molecule has 0 radical (unpaired) electrons. The van der Waals surface area contributed by atoms with Crippen molar-refractivity contribution in [3.05, 3.63) is 70.2 Å². The third kappa shape index (κ3) is 3.02. The van der Waals surface area contributed by atoms with Gasteiger partial charge in [0.2, 0.25) is 0 Å². The van der Waals surface area contributed by atoms with Gasteiger partial charge in [0, 0.05) is 16.5 Å². The molecule has 2 heteroatoms. The molecular weight excluding hydrogens is 316 g/mol. The summed E-state index contributed by atoms with van der Waals surface area (Å²) in [6.07, 6.45) is 6.82. The van der Waals surface area contributed by atoms with Gasteiger partial charge < -0.3 is 0 Å². The molecule has 0 bridgehead atoms. The quantitative estimate of drug-likeness (QED) is 0.650. The summed E-state index contributed by atoms with van der Waals surface area (Å²) >= 11 is 6.00. The molecule has 0 aliphatic heterocycles. The van der Waals surface area contributed by atoms with E-state index in [1.165, 1.54) is 36.8 Å². The summed E-state index contributed by atoms with van der Waals surface area (Å²) in [5.41, 5.74) is 3.63. The van der Waals surface area contributed by atoms with Gasteiger partial charge in [-0.1, -0.05) is 48.0 Å². The summed E-state index contributed by atoms with van der Waals surface area (Å²) < 4.78 is 0. The molecule has 2 aromatic carbocycles. The predicted octanol–water partition coefficient (Wildman–Crippen LogP) is 6.06. The molecule has 0 aromatic heterocycles. The number of hydrogen-bond donors (Lipinski definition) is 0. The minimum atomic E-state index is 0.242. The fraction of sp³-hybridized carbons (Fsp3) is 0.409. The number of benzene rings is 2. The minimum Gasteiger partial charge on any atom is -0.294 e. The zero-order valence-electron chi connectivity index (χ0n) is 13.9. The van der Waals surface area contributed by atoms with Crippen molar-refractivity contribution in [1.82, 2.24) is 0 Å². The van der Waals surface area contributed by atoms with Gasteiger partial charge >= 0.3 is 0 Å². The molecule has 2 aliphatic carbocycles. The molecule has 2 aromatic rings. The van der Waals surface area contributed by atoms with E-state index < -0.39 is 0 Å². The zero-order chi connectivity index (χ0) is 16.5. The maximum absolute atomic E-state index is 12.9. The lowest BCUT2D eigenvalue weighted by Gasteiger charge is -2.35. The molecule has 0 heterocycles. The maximum Gasteiger partial charge on any atom is 0.166 e. The molecule has 0 N–H and O–H groups in total. The molecule has 1 fully saturated rings. The average molecular weight is 339 g/mol. The molecular formula is C22H23ClO. The number of Topliss-reactive ketones (excluding diaryl/α,β-unsaturated/α-hetero) is 1. The van der Waals surface area contributed by atoms with E-state index in [2.05, 4.69) is 18.2 Å². The third-order valence-electron chi connectivity index (χ3n) is 6.03. The molecule has 0 spiro atoms. The molecule has 0 saturated heterocycles. The topological polar surface area (TPSA) is 17.1 Å². The number of fused-ring (bicyclic) bond motifs is 1. The highest BCUT2D eigenvalue weighted by atomic mass is 35.5. The van der Waals surface area contributed by atoms with Crippen molar-refractivity contribution in [1.29, 1.82) is 0 Å². The van der Waals surface area contributed by atoms with Crippen LogP contribution in [-0.4, -0.2) is 5.78 Å². The second kappa shape index (κ2) is 6.72. The fourth-order valence-corrected chi connectivity index (χ4v) is 4.79. The number of ketones is 1. The maximum atomic E-state index is 12.9. The highest BCUT2D eigenvalue weighted by molar-refractivity contribution is 6.30. The highest BCUT2D eigenvalue weighted by Gasteiger charge is 2.35. The number of carbonyl (C=O) groups is 1. The number of rotatable bonds is 2. The van der Waals surface area contributed by atoms with Gasteiger partial charge in [0.15, 0.2) is 5.78 Å². The number of halogens is 1. The lowest BCUT2D eigenvalue weighted by atomic mass is 9.68. The van der Waals surface area contributed by atoms with Crippen LogP contribution in [0.3, 0.4) is 0 Å². The first-order valence-corrected chi connectivity index (χ1v) is 9.48. The third-order valence-corrected chi connectivity index (χ3v) is 6.28. The predicted molar refractivity (Wildman–Crippen MR) is 98.7 cm³/mol. The second-order valence-electron chi connectivity index (χ2n) is 7.33. The molecule has 2 aliphatic rings. The average Bonchev–Trinajstić information content (AvgIpc) is 2.63. The summed E-state index contributed by atoms with van der Waals surface area (Å²) in [5, 5.41) is 0.805. The first kappa shape index (κ1) is 15.9. The van der Waals surface area contributed by atoms with Crippen LogP contribution in [0, 0.1) is 11.8 Å². The van der Waals surface area contributed by atoms with Gasteiger partial charge in [-0.25, -0.2) is 0 Å². The van der Waals surface area contributed by atoms with E-state index in [0.29, 0.717) is 17.6 Å². The van der Waals surface area contributed by atoms with E-state index in [1.807, 2.05) is 30.3 Å². The van der Waals surface area contributed by atoms with Gasteiger partial charge in [-0.3, -0.25) is 4.79 Å². The van der Waals surface area contributed by atoms with Crippen LogP contribution in [0.5, 0.6) is 0 Å². The summed E-state index contributed by atoms with van der Waals surface area (Å²) in [4.78, 5) is 12.9. The Kier molecular flexibility index (Phi) is 4.45. The lowest BCUT2D eigenvalue weighted by molar-refractivity contribution is 0.0813. The summed E-state index contributed by atoms with van der Waals surface area (Å²) in [5.74, 6) is 1.83. The highest BCUT2D eigenvalue weighted by Crippen LogP contribution is 2.42. The van der Waals surface area contributed by atoms with Crippen molar-refractivity contribution >= 4 is 17.4 Å². The van der Waals surface area contributed by atoms with Crippen LogP contribution in [-0.2, 0) is 6.42 Å². The van der Waals surface area contributed by atoms with Crippen LogP contribution >= 0.6 is 11.6 Å². The summed E-state index contributed by atoms with van der Waals surface area (Å²) in [6.45, 7) is 0. The van der Waals surface area contributed by atoms with Crippen molar-refractivity contribution < 1.29 is 4.79 Å². The molecule has 1 atom stereocenters. The number of aryl methyl sites for hydroxylation is 1. The van der Waals surface area contributed by atoms with Crippen LogP contribution in [0.2, 0.25) is 5.02 Å². The van der Waals surface area contributed by atoms with E-state index in [9.17, 15) is 4.79 Å². The minimum absolute atomic E-state index is 0.242. The Morgan fingerprint density at radius 2 is 1.54 bits per heavy atom. The molecule has 1 unspecified atom stereocenters. The summed E-state index contributed by atoms with van der Waals surface area (Å²) in [6, 6.07) is 16.5. The van der Waals surface area contributed by atoms with E-state index in [4.69, 9.17) is 11.6 Å². The van der Waals surface area contributed by atoms with Crippen LogP contribution < -0.4 is 0 Å². The molecule has 1 nitrogen and oxygen atoms in total. The molecule has 1 saturated carbocycles. The molecule has 4 rings (SSSR count). The Hall–Kier alpha value is -1.60. The largest absolute Gasteiger partial charge is 0.294 e. The van der Waals surface area contributed by atoms with Gasteiger partial charge in [-0.05, 0) is 73.6 Å². The van der Waals surface area contributed by atoms with E-state index in [1.54, 1.807) is 0 Å². The van der Waals surface area contributed by atoms with Crippen molar-refractivity contribution in [3.8, 4) is 0 Å². The van der Waals surface area contributed by atoms with Gasteiger partial charge in [0.05, 0.1) is 0 Å². The van der Waals surface area contributed by atoms with E-state index in [-0.39, 0.29) is 5.92 Å². The second-order valence-corrected chi connectivity index (χ2v) is 7.77. The molecule has 24 heavy (non-hydrogen) atoms. The smallest absolute Gasteiger partial charge is 0.166 e. The van der Waals surface area contributed by atoms with Gasteiger partial charge in [0.25, 0.3) is 0 Å². The van der Waals surface area contributed by atoms with Crippen molar-refractivity contribution in [2.45, 2.75) is 44.4 Å². The van der Waals surface area contributed by atoms with Crippen molar-refractivity contribution in [2.75, 3.05) is 0 Å². The SMILES string of the molecule is O=C1c2ccccc2CCC1C1CCC(c2ccc(Cl)cc2)CC1. The van der Waals surface area contributed by atoms with Crippen LogP contribution in [0.1, 0.15) is 59.5 Å². The fourth-order valence-electron chi connectivity index (χ4n) is 4.66. The Morgan fingerprint density at radius 1 is 0.833 bits per heavy atom. The lowest BCUT2D eigenvalue weighted by Crippen LogP contribution is -2.31. The number of carbonyl (C=O) groups excluding carboxylic acids is 1. The Bertz CT molecular complexity index is 726. The summed E-state index contributed by atoms with van der Waals surface area (Å²) in [7, 11) is 0. The standard InChI is InChI=1S/C22H23ClO/c23-19-12-9-16(10-13-19)15-5-7-18(8-6-15)21-14-11-17-3-1-2-4-20(17)22(21)24/h1-4,9-10,12-13,15,18,21H,5-8,11,14H2. The Balaban J connectivity index is 1.43. The Labute approximate surface area is 149 Å². The van der Waals surface area contributed by atoms with E-state index in [0.717, 1.165) is 23.4 Å².